The van der Waals surface area contributed by atoms with E-state index < -0.39 is 5.82 Å². The molecule has 2 rings (SSSR count). The Bertz CT molecular complexity index is 514. The standard InChI is InChI=1S/C12H8ClF2N/c13-6-12-11(5-10(15)7-16-12)8-2-1-3-9(14)4-8/h1-5,7H,6H2. The number of hydrogen-bond acceptors (Lipinski definition) is 1. The highest BCUT2D eigenvalue weighted by atomic mass is 35.5. The molecule has 0 saturated heterocycles. The maximum absolute atomic E-state index is 13.1. The second kappa shape index (κ2) is 4.58. The van der Waals surface area contributed by atoms with Crippen LogP contribution in [-0.2, 0) is 5.88 Å². The molecule has 1 aromatic heterocycles. The Hall–Kier alpha value is -1.48. The fraction of sp³-hybridized carbons (Fsp3) is 0.0833. The monoisotopic (exact) mass is 239 g/mol. The summed E-state index contributed by atoms with van der Waals surface area (Å²) in [6.45, 7) is 0. The molecule has 0 spiro atoms. The van der Waals surface area contributed by atoms with Crippen LogP contribution in [0.4, 0.5) is 8.78 Å². The van der Waals surface area contributed by atoms with Crippen LogP contribution in [0.3, 0.4) is 0 Å². The van der Waals surface area contributed by atoms with Gasteiger partial charge in [0.1, 0.15) is 11.6 Å². The van der Waals surface area contributed by atoms with Crippen molar-refractivity contribution in [2.45, 2.75) is 5.88 Å². The van der Waals surface area contributed by atoms with Gasteiger partial charge in [-0.25, -0.2) is 8.78 Å². The maximum atomic E-state index is 13.1. The van der Waals surface area contributed by atoms with E-state index in [4.69, 9.17) is 11.6 Å². The summed E-state index contributed by atoms with van der Waals surface area (Å²) in [5, 5.41) is 0. The van der Waals surface area contributed by atoms with Crippen molar-refractivity contribution in [3.63, 3.8) is 0 Å². The second-order valence-electron chi connectivity index (χ2n) is 3.29. The molecule has 0 radical (unpaired) electrons. The largest absolute Gasteiger partial charge is 0.256 e. The lowest BCUT2D eigenvalue weighted by Gasteiger charge is -2.06. The van der Waals surface area contributed by atoms with E-state index in [9.17, 15) is 8.78 Å². The van der Waals surface area contributed by atoms with E-state index in [1.807, 2.05) is 0 Å². The van der Waals surface area contributed by atoms with Crippen molar-refractivity contribution in [2.75, 3.05) is 0 Å². The Morgan fingerprint density at radius 1 is 1.12 bits per heavy atom. The lowest BCUT2D eigenvalue weighted by Crippen LogP contribution is -1.93. The first kappa shape index (κ1) is 11.0. The zero-order valence-electron chi connectivity index (χ0n) is 8.25. The number of benzene rings is 1. The molecule has 0 unspecified atom stereocenters. The third-order valence-corrected chi connectivity index (χ3v) is 2.45. The molecule has 0 amide bonds. The van der Waals surface area contributed by atoms with E-state index >= 15 is 0 Å². The third-order valence-electron chi connectivity index (χ3n) is 2.20. The minimum atomic E-state index is -0.465. The number of nitrogens with zero attached hydrogens (tertiary/aromatic N) is 1. The van der Waals surface area contributed by atoms with Crippen LogP contribution in [0, 0.1) is 11.6 Å². The molecule has 2 aromatic rings. The van der Waals surface area contributed by atoms with Crippen molar-refractivity contribution < 1.29 is 8.78 Å². The number of aromatic nitrogens is 1. The fourth-order valence-corrected chi connectivity index (χ4v) is 1.69. The quantitative estimate of drug-likeness (QED) is 0.727. The SMILES string of the molecule is Fc1cccc(-c2cc(F)cnc2CCl)c1. The topological polar surface area (TPSA) is 12.9 Å². The number of rotatable bonds is 2. The molecule has 0 aliphatic heterocycles. The zero-order valence-corrected chi connectivity index (χ0v) is 9.01. The summed E-state index contributed by atoms with van der Waals surface area (Å²) >= 11 is 5.70. The van der Waals surface area contributed by atoms with E-state index in [1.165, 1.54) is 18.2 Å². The van der Waals surface area contributed by atoms with E-state index in [0.29, 0.717) is 16.8 Å². The summed E-state index contributed by atoms with van der Waals surface area (Å²) in [7, 11) is 0. The van der Waals surface area contributed by atoms with Gasteiger partial charge >= 0.3 is 0 Å². The van der Waals surface area contributed by atoms with Crippen molar-refractivity contribution in [3.8, 4) is 11.1 Å². The predicted molar refractivity (Wildman–Crippen MR) is 59.1 cm³/mol. The minimum Gasteiger partial charge on any atom is -0.256 e. The normalized spacial score (nSPS) is 10.4. The Morgan fingerprint density at radius 3 is 2.62 bits per heavy atom. The van der Waals surface area contributed by atoms with Gasteiger partial charge in [0.25, 0.3) is 0 Å². The van der Waals surface area contributed by atoms with Gasteiger partial charge in [0.2, 0.25) is 0 Å². The van der Waals surface area contributed by atoms with Crippen LogP contribution in [-0.4, -0.2) is 4.98 Å². The van der Waals surface area contributed by atoms with Gasteiger partial charge in [-0.3, -0.25) is 4.98 Å². The van der Waals surface area contributed by atoms with Crippen molar-refractivity contribution >= 4 is 11.6 Å². The molecule has 1 aromatic carbocycles. The van der Waals surface area contributed by atoms with Crippen LogP contribution in [0.1, 0.15) is 5.69 Å². The highest BCUT2D eigenvalue weighted by Gasteiger charge is 2.08. The second-order valence-corrected chi connectivity index (χ2v) is 3.56. The molecule has 0 aliphatic carbocycles. The molecule has 0 atom stereocenters. The fourth-order valence-electron chi connectivity index (χ4n) is 1.48. The molecule has 0 saturated carbocycles. The molecule has 82 valence electrons. The molecule has 16 heavy (non-hydrogen) atoms. The third kappa shape index (κ3) is 2.19. The summed E-state index contributed by atoms with van der Waals surface area (Å²) < 4.78 is 26.1. The van der Waals surface area contributed by atoms with Crippen molar-refractivity contribution in [2.24, 2.45) is 0 Å². The summed E-state index contributed by atoms with van der Waals surface area (Å²) in [4.78, 5) is 3.87. The maximum Gasteiger partial charge on any atom is 0.142 e. The van der Waals surface area contributed by atoms with Crippen molar-refractivity contribution in [1.29, 1.82) is 0 Å². The van der Waals surface area contributed by atoms with Crippen LogP contribution in [0.5, 0.6) is 0 Å². The first-order chi connectivity index (χ1) is 7.70. The first-order valence-corrected chi connectivity index (χ1v) is 5.20. The highest BCUT2D eigenvalue weighted by molar-refractivity contribution is 6.17. The number of hydrogen-bond donors (Lipinski definition) is 0. The van der Waals surface area contributed by atoms with Gasteiger partial charge in [-0.2, -0.15) is 0 Å². The van der Waals surface area contributed by atoms with Crippen LogP contribution in [0.2, 0.25) is 0 Å². The van der Waals surface area contributed by atoms with Crippen LogP contribution in [0.15, 0.2) is 36.5 Å². The van der Waals surface area contributed by atoms with Crippen molar-refractivity contribution in [3.05, 3.63) is 53.9 Å². The average Bonchev–Trinajstić information content (AvgIpc) is 2.29. The van der Waals surface area contributed by atoms with E-state index in [0.717, 1.165) is 6.20 Å². The summed E-state index contributed by atoms with van der Waals surface area (Å²) in [5.74, 6) is -0.679. The average molecular weight is 240 g/mol. The lowest BCUT2D eigenvalue weighted by atomic mass is 10.0. The lowest BCUT2D eigenvalue weighted by molar-refractivity contribution is 0.620. The molecule has 4 heteroatoms. The smallest absolute Gasteiger partial charge is 0.142 e. The van der Waals surface area contributed by atoms with E-state index in [-0.39, 0.29) is 11.7 Å². The summed E-state index contributed by atoms with van der Waals surface area (Å²) in [5.41, 5.74) is 1.63. The molecule has 1 nitrogen and oxygen atoms in total. The van der Waals surface area contributed by atoms with Crippen molar-refractivity contribution in [1.82, 2.24) is 4.98 Å². The number of pyridine rings is 1. The molecule has 0 N–H and O–H groups in total. The van der Waals surface area contributed by atoms with Crippen LogP contribution >= 0.6 is 11.6 Å². The van der Waals surface area contributed by atoms with E-state index in [2.05, 4.69) is 4.98 Å². The van der Waals surface area contributed by atoms with E-state index in [1.54, 1.807) is 12.1 Å². The van der Waals surface area contributed by atoms with Gasteiger partial charge in [-0.05, 0) is 23.8 Å². The molecule has 0 fully saturated rings. The molecular weight excluding hydrogens is 232 g/mol. The zero-order chi connectivity index (χ0) is 11.5. The Labute approximate surface area is 96.7 Å². The first-order valence-electron chi connectivity index (χ1n) is 4.67. The molecular formula is C12H8ClF2N. The minimum absolute atomic E-state index is 0.159. The van der Waals surface area contributed by atoms with Gasteiger partial charge < -0.3 is 0 Å². The predicted octanol–water partition coefficient (Wildman–Crippen LogP) is 3.77. The van der Waals surface area contributed by atoms with Gasteiger partial charge in [0, 0.05) is 5.56 Å². The van der Waals surface area contributed by atoms with Gasteiger partial charge in [0.05, 0.1) is 17.8 Å². The van der Waals surface area contributed by atoms with Gasteiger partial charge in [0.15, 0.2) is 0 Å². The number of halogens is 3. The molecule has 0 bridgehead atoms. The van der Waals surface area contributed by atoms with Crippen LogP contribution in [0.25, 0.3) is 11.1 Å². The Morgan fingerprint density at radius 2 is 1.94 bits per heavy atom. The van der Waals surface area contributed by atoms with Crippen LogP contribution < -0.4 is 0 Å². The van der Waals surface area contributed by atoms with Gasteiger partial charge in [-0.1, -0.05) is 12.1 Å². The highest BCUT2D eigenvalue weighted by Crippen LogP contribution is 2.24. The van der Waals surface area contributed by atoms with Gasteiger partial charge in [-0.15, -0.1) is 11.6 Å². The Balaban J connectivity index is 2.58. The number of alkyl halides is 1. The summed E-state index contributed by atoms with van der Waals surface area (Å²) in [6.07, 6.45) is 1.10. The summed E-state index contributed by atoms with van der Waals surface area (Å²) in [6, 6.07) is 7.21. The molecule has 1 heterocycles. The molecule has 0 aliphatic rings. The Kier molecular flexibility index (Phi) is 3.15.